The Bertz CT molecular complexity index is 1220. The third-order valence-corrected chi connectivity index (χ3v) is 5.44. The maximum Gasteiger partial charge on any atom is 0.175 e. The van der Waals surface area contributed by atoms with Crippen LogP contribution in [0.1, 0.15) is 0 Å². The molecule has 140 valence electrons. The first kappa shape index (κ1) is 18.1. The van der Waals surface area contributed by atoms with Crippen LogP contribution in [0.25, 0.3) is 28.3 Å². The zero-order valence-electron chi connectivity index (χ0n) is 14.9. The Balaban J connectivity index is 1.86. The van der Waals surface area contributed by atoms with Gasteiger partial charge in [0, 0.05) is 41.7 Å². The van der Waals surface area contributed by atoms with Gasteiger partial charge < -0.3 is 0 Å². The molecule has 5 nitrogen and oxygen atoms in total. The summed E-state index contributed by atoms with van der Waals surface area (Å²) < 4.78 is 38.6. The monoisotopic (exact) mass is 393 g/mol. The Morgan fingerprint density at radius 3 is 2.25 bits per heavy atom. The minimum absolute atomic E-state index is 0.248. The minimum atomic E-state index is -3.28. The van der Waals surface area contributed by atoms with Crippen LogP contribution in [0, 0.1) is 5.82 Å². The first-order valence-corrected chi connectivity index (χ1v) is 10.4. The van der Waals surface area contributed by atoms with Crippen molar-refractivity contribution in [2.24, 2.45) is 0 Å². The number of benzene rings is 2. The lowest BCUT2D eigenvalue weighted by Crippen LogP contribution is -1.99. The molecule has 2 aromatic carbocycles. The molecule has 0 bridgehead atoms. The number of nitrogens with zero attached hydrogens (tertiary/aromatic N) is 3. The summed E-state index contributed by atoms with van der Waals surface area (Å²) in [5.74, 6) is 0.339. The van der Waals surface area contributed by atoms with Crippen LogP contribution in [0.3, 0.4) is 0 Å². The Labute approximate surface area is 162 Å². The van der Waals surface area contributed by atoms with Crippen molar-refractivity contribution in [2.45, 2.75) is 4.90 Å². The molecule has 0 amide bonds. The fraction of sp³-hybridized carbons (Fsp3) is 0.0476. The van der Waals surface area contributed by atoms with Crippen LogP contribution in [-0.2, 0) is 9.84 Å². The molecule has 0 unspecified atom stereocenters. The van der Waals surface area contributed by atoms with Crippen LogP contribution in [0.5, 0.6) is 0 Å². The molecule has 0 N–H and O–H groups in total. The molecule has 4 aromatic rings. The SMILES string of the molecule is CS(=O)(=O)c1ccc(-n2cc(-c3ccc(F)cc3)nc2-c2cccnc2)cc1. The Kier molecular flexibility index (Phi) is 4.52. The normalized spacial score (nSPS) is 11.5. The molecule has 4 rings (SSSR count). The number of rotatable bonds is 4. The molecule has 0 saturated heterocycles. The van der Waals surface area contributed by atoms with E-state index in [2.05, 4.69) is 4.98 Å². The molecule has 0 aliphatic carbocycles. The second kappa shape index (κ2) is 7.01. The molecule has 0 spiro atoms. The molecule has 2 aromatic heterocycles. The van der Waals surface area contributed by atoms with Crippen molar-refractivity contribution in [1.29, 1.82) is 0 Å². The second-order valence-corrected chi connectivity index (χ2v) is 8.35. The molecular weight excluding hydrogens is 377 g/mol. The average molecular weight is 393 g/mol. The van der Waals surface area contributed by atoms with Crippen molar-refractivity contribution < 1.29 is 12.8 Å². The fourth-order valence-electron chi connectivity index (χ4n) is 2.89. The van der Waals surface area contributed by atoms with Crippen molar-refractivity contribution in [3.63, 3.8) is 0 Å². The average Bonchev–Trinajstić information content (AvgIpc) is 3.14. The van der Waals surface area contributed by atoms with E-state index < -0.39 is 9.84 Å². The van der Waals surface area contributed by atoms with Gasteiger partial charge in [0.05, 0.1) is 10.6 Å². The number of hydrogen-bond acceptors (Lipinski definition) is 4. The summed E-state index contributed by atoms with van der Waals surface area (Å²) in [4.78, 5) is 9.11. The molecule has 28 heavy (non-hydrogen) atoms. The largest absolute Gasteiger partial charge is 0.299 e. The number of imidazole rings is 1. The smallest absolute Gasteiger partial charge is 0.175 e. The summed E-state index contributed by atoms with van der Waals surface area (Å²) in [6.45, 7) is 0. The van der Waals surface area contributed by atoms with Gasteiger partial charge in [-0.3, -0.25) is 9.55 Å². The van der Waals surface area contributed by atoms with Crippen LogP contribution in [0.2, 0.25) is 0 Å². The van der Waals surface area contributed by atoms with Gasteiger partial charge in [-0.2, -0.15) is 0 Å². The maximum absolute atomic E-state index is 13.3. The molecule has 2 heterocycles. The third kappa shape index (κ3) is 3.57. The van der Waals surface area contributed by atoms with E-state index in [9.17, 15) is 12.8 Å². The molecular formula is C21H16FN3O2S. The van der Waals surface area contributed by atoms with Gasteiger partial charge in [0.15, 0.2) is 9.84 Å². The summed E-state index contributed by atoms with van der Waals surface area (Å²) in [7, 11) is -3.28. The van der Waals surface area contributed by atoms with Crippen LogP contribution in [-0.4, -0.2) is 29.2 Å². The van der Waals surface area contributed by atoms with E-state index in [1.165, 1.54) is 18.4 Å². The zero-order valence-corrected chi connectivity index (χ0v) is 15.8. The highest BCUT2D eigenvalue weighted by molar-refractivity contribution is 7.90. The summed E-state index contributed by atoms with van der Waals surface area (Å²) in [5.41, 5.74) is 3.01. The number of hydrogen-bond donors (Lipinski definition) is 0. The van der Waals surface area contributed by atoms with Gasteiger partial charge in [0.2, 0.25) is 0 Å². The van der Waals surface area contributed by atoms with E-state index in [0.29, 0.717) is 11.5 Å². The molecule has 0 aliphatic heterocycles. The van der Waals surface area contributed by atoms with Crippen molar-refractivity contribution in [2.75, 3.05) is 6.26 Å². The van der Waals surface area contributed by atoms with E-state index in [1.54, 1.807) is 48.8 Å². The highest BCUT2D eigenvalue weighted by atomic mass is 32.2. The van der Waals surface area contributed by atoms with Crippen molar-refractivity contribution >= 4 is 9.84 Å². The highest BCUT2D eigenvalue weighted by Crippen LogP contribution is 2.28. The number of sulfone groups is 1. The molecule has 0 atom stereocenters. The Morgan fingerprint density at radius 2 is 1.64 bits per heavy atom. The fourth-order valence-corrected chi connectivity index (χ4v) is 3.52. The Morgan fingerprint density at radius 1 is 0.929 bits per heavy atom. The zero-order chi connectivity index (χ0) is 19.7. The summed E-state index contributed by atoms with van der Waals surface area (Å²) in [6, 6.07) is 16.4. The summed E-state index contributed by atoms with van der Waals surface area (Å²) >= 11 is 0. The van der Waals surface area contributed by atoms with Gasteiger partial charge in [-0.1, -0.05) is 0 Å². The van der Waals surface area contributed by atoms with Crippen LogP contribution in [0.15, 0.2) is 84.1 Å². The first-order valence-electron chi connectivity index (χ1n) is 8.48. The van der Waals surface area contributed by atoms with E-state index in [0.717, 1.165) is 16.8 Å². The van der Waals surface area contributed by atoms with Gasteiger partial charge in [-0.25, -0.2) is 17.8 Å². The predicted molar refractivity (Wildman–Crippen MR) is 105 cm³/mol. The van der Waals surface area contributed by atoms with Gasteiger partial charge in [-0.05, 0) is 60.7 Å². The van der Waals surface area contributed by atoms with E-state index >= 15 is 0 Å². The predicted octanol–water partition coefficient (Wildman–Crippen LogP) is 4.14. The maximum atomic E-state index is 13.3. The first-order chi connectivity index (χ1) is 13.4. The van der Waals surface area contributed by atoms with E-state index in [4.69, 9.17) is 4.98 Å². The number of halogens is 1. The van der Waals surface area contributed by atoms with Crippen LogP contribution >= 0.6 is 0 Å². The Hall–Kier alpha value is -3.32. The highest BCUT2D eigenvalue weighted by Gasteiger charge is 2.14. The quantitative estimate of drug-likeness (QED) is 0.523. The summed E-state index contributed by atoms with van der Waals surface area (Å²) in [5, 5.41) is 0. The van der Waals surface area contributed by atoms with Crippen molar-refractivity contribution in [3.05, 3.63) is 85.1 Å². The second-order valence-electron chi connectivity index (χ2n) is 6.33. The number of aromatic nitrogens is 3. The lowest BCUT2D eigenvalue weighted by molar-refractivity contribution is 0.602. The summed E-state index contributed by atoms with van der Waals surface area (Å²) in [6.07, 6.45) is 6.40. The molecule has 0 aliphatic rings. The topological polar surface area (TPSA) is 64.8 Å². The molecule has 0 fully saturated rings. The van der Waals surface area contributed by atoms with Gasteiger partial charge in [0.1, 0.15) is 11.6 Å². The lowest BCUT2D eigenvalue weighted by atomic mass is 10.2. The van der Waals surface area contributed by atoms with Crippen LogP contribution < -0.4 is 0 Å². The molecule has 0 saturated carbocycles. The third-order valence-electron chi connectivity index (χ3n) is 4.31. The van der Waals surface area contributed by atoms with Crippen molar-refractivity contribution in [3.8, 4) is 28.3 Å². The lowest BCUT2D eigenvalue weighted by Gasteiger charge is -2.08. The standard InChI is InChI=1S/C21H16FN3O2S/c1-28(26,27)19-10-8-18(9-11-19)25-14-20(15-4-6-17(22)7-5-15)24-21(25)16-3-2-12-23-13-16/h2-14H,1H3. The molecule has 0 radical (unpaired) electrons. The van der Waals surface area contributed by atoms with E-state index in [-0.39, 0.29) is 10.7 Å². The van der Waals surface area contributed by atoms with Gasteiger partial charge >= 0.3 is 0 Å². The minimum Gasteiger partial charge on any atom is -0.299 e. The van der Waals surface area contributed by atoms with Gasteiger partial charge in [-0.15, -0.1) is 0 Å². The number of pyridine rings is 1. The molecule has 7 heteroatoms. The van der Waals surface area contributed by atoms with E-state index in [1.807, 2.05) is 22.9 Å². The van der Waals surface area contributed by atoms with Gasteiger partial charge in [0.25, 0.3) is 0 Å². The van der Waals surface area contributed by atoms with Crippen LogP contribution in [0.4, 0.5) is 4.39 Å². The van der Waals surface area contributed by atoms with Crippen molar-refractivity contribution in [1.82, 2.24) is 14.5 Å².